The number of fused-ring (bicyclic) bond motifs is 1. The highest BCUT2D eigenvalue weighted by Gasteiger charge is 2.08. The summed E-state index contributed by atoms with van der Waals surface area (Å²) in [5, 5.41) is 11.2. The number of methoxy groups -OCH3 is 1. The number of rotatable bonds is 3. The lowest BCUT2D eigenvalue weighted by molar-refractivity contribution is 0.397. The van der Waals surface area contributed by atoms with E-state index in [1.807, 2.05) is 56.3 Å². The number of aryl methyl sites for hydroxylation is 2. The van der Waals surface area contributed by atoms with Gasteiger partial charge in [0.1, 0.15) is 11.3 Å². The van der Waals surface area contributed by atoms with Crippen LogP contribution in [0.4, 0.5) is 0 Å². The number of ether oxygens (including phenoxy) is 1. The Kier molecular flexibility index (Phi) is 3.98. The molecule has 0 amide bonds. The van der Waals surface area contributed by atoms with Gasteiger partial charge >= 0.3 is 0 Å². The molecule has 2 heterocycles. The summed E-state index contributed by atoms with van der Waals surface area (Å²) in [7, 11) is 1.59. The van der Waals surface area contributed by atoms with Gasteiger partial charge < -0.3 is 9.84 Å². The first-order valence-electron chi connectivity index (χ1n) is 7.37. The van der Waals surface area contributed by atoms with Gasteiger partial charge in [-0.15, -0.1) is 0 Å². The molecule has 0 aliphatic rings. The molecule has 0 bridgehead atoms. The Hall–Kier alpha value is -2.88. The summed E-state index contributed by atoms with van der Waals surface area (Å²) in [6.07, 6.45) is 5.48. The molecule has 0 unspecified atom stereocenters. The van der Waals surface area contributed by atoms with Crippen molar-refractivity contribution >= 4 is 23.1 Å². The van der Waals surface area contributed by atoms with Gasteiger partial charge in [-0.25, -0.2) is 9.97 Å². The van der Waals surface area contributed by atoms with Crippen LogP contribution in [0.3, 0.4) is 0 Å². The standard InChI is InChI=1S/C19H18N2O2/c1-12-11-13(2)18(22)17-16(12)9-8-15(21-17)7-6-14-5-4-10-20-19(14)23-3/h4-11,22H,1-3H3/b7-6+. The number of phenolic OH excluding ortho intramolecular Hbond substituents is 1. The molecule has 3 aromatic rings. The zero-order valence-corrected chi connectivity index (χ0v) is 13.4. The van der Waals surface area contributed by atoms with Crippen LogP contribution in [-0.4, -0.2) is 22.2 Å². The number of aromatic nitrogens is 2. The highest BCUT2D eigenvalue weighted by molar-refractivity contribution is 5.89. The second-order valence-corrected chi connectivity index (χ2v) is 5.43. The number of hydrogen-bond acceptors (Lipinski definition) is 4. The predicted molar refractivity (Wildman–Crippen MR) is 92.6 cm³/mol. The van der Waals surface area contributed by atoms with E-state index in [2.05, 4.69) is 9.97 Å². The fourth-order valence-corrected chi connectivity index (χ4v) is 2.60. The molecule has 23 heavy (non-hydrogen) atoms. The number of aromatic hydroxyl groups is 1. The third kappa shape index (κ3) is 2.88. The maximum atomic E-state index is 10.3. The van der Waals surface area contributed by atoms with E-state index in [0.717, 1.165) is 27.8 Å². The zero-order valence-electron chi connectivity index (χ0n) is 13.4. The van der Waals surface area contributed by atoms with Gasteiger partial charge in [0.05, 0.1) is 12.8 Å². The molecule has 0 aliphatic carbocycles. The average Bonchev–Trinajstić information content (AvgIpc) is 2.58. The molecule has 0 atom stereocenters. The minimum atomic E-state index is 0.236. The second-order valence-electron chi connectivity index (χ2n) is 5.43. The van der Waals surface area contributed by atoms with Gasteiger partial charge in [0.2, 0.25) is 5.88 Å². The Bertz CT molecular complexity index is 901. The van der Waals surface area contributed by atoms with E-state index in [4.69, 9.17) is 4.74 Å². The maximum Gasteiger partial charge on any atom is 0.220 e. The molecule has 2 aromatic heterocycles. The Labute approximate surface area is 135 Å². The molecule has 0 saturated heterocycles. The van der Waals surface area contributed by atoms with Crippen LogP contribution in [-0.2, 0) is 0 Å². The van der Waals surface area contributed by atoms with Crippen LogP contribution in [0.5, 0.6) is 11.6 Å². The van der Waals surface area contributed by atoms with E-state index < -0.39 is 0 Å². The molecule has 4 heteroatoms. The molecule has 0 radical (unpaired) electrons. The van der Waals surface area contributed by atoms with Gasteiger partial charge in [-0.05, 0) is 55.3 Å². The smallest absolute Gasteiger partial charge is 0.220 e. The van der Waals surface area contributed by atoms with Crippen molar-refractivity contribution in [2.45, 2.75) is 13.8 Å². The van der Waals surface area contributed by atoms with Crippen molar-refractivity contribution in [3.05, 3.63) is 58.9 Å². The van der Waals surface area contributed by atoms with Crippen molar-refractivity contribution in [1.29, 1.82) is 0 Å². The van der Waals surface area contributed by atoms with Crippen molar-refractivity contribution in [2.24, 2.45) is 0 Å². The molecule has 116 valence electrons. The van der Waals surface area contributed by atoms with Crippen LogP contribution < -0.4 is 4.74 Å². The fourth-order valence-electron chi connectivity index (χ4n) is 2.60. The van der Waals surface area contributed by atoms with E-state index in [0.29, 0.717) is 11.4 Å². The summed E-state index contributed by atoms with van der Waals surface area (Å²) in [5.74, 6) is 0.805. The minimum Gasteiger partial charge on any atom is -0.505 e. The molecule has 3 rings (SSSR count). The van der Waals surface area contributed by atoms with E-state index in [9.17, 15) is 5.11 Å². The first-order valence-corrected chi connectivity index (χ1v) is 7.37. The van der Waals surface area contributed by atoms with Gasteiger partial charge in [0, 0.05) is 17.1 Å². The van der Waals surface area contributed by atoms with Gasteiger partial charge in [0.25, 0.3) is 0 Å². The molecule has 1 aromatic carbocycles. The summed E-state index contributed by atoms with van der Waals surface area (Å²) in [4.78, 5) is 8.73. The molecule has 4 nitrogen and oxygen atoms in total. The number of phenols is 1. The first kappa shape index (κ1) is 15.0. The van der Waals surface area contributed by atoms with Gasteiger partial charge in [-0.3, -0.25) is 0 Å². The zero-order chi connectivity index (χ0) is 16.4. The SMILES string of the molecule is COc1ncccc1/C=C/c1ccc2c(C)cc(C)c(O)c2n1. The predicted octanol–water partition coefficient (Wildman–Crippen LogP) is 4.13. The minimum absolute atomic E-state index is 0.236. The topological polar surface area (TPSA) is 55.2 Å². The molecular weight excluding hydrogens is 288 g/mol. The average molecular weight is 306 g/mol. The highest BCUT2D eigenvalue weighted by atomic mass is 16.5. The third-order valence-corrected chi connectivity index (χ3v) is 3.80. The van der Waals surface area contributed by atoms with Gasteiger partial charge in [0.15, 0.2) is 0 Å². The first-order chi connectivity index (χ1) is 11.1. The lowest BCUT2D eigenvalue weighted by Crippen LogP contribution is -1.91. The Balaban J connectivity index is 2.04. The molecule has 0 saturated carbocycles. The summed E-state index contributed by atoms with van der Waals surface area (Å²) >= 11 is 0. The van der Waals surface area contributed by atoms with Crippen LogP contribution in [0.15, 0.2) is 36.5 Å². The largest absolute Gasteiger partial charge is 0.505 e. The normalized spacial score (nSPS) is 11.3. The Morgan fingerprint density at radius 1 is 1.09 bits per heavy atom. The van der Waals surface area contributed by atoms with Crippen molar-refractivity contribution in [3.8, 4) is 11.6 Å². The van der Waals surface area contributed by atoms with Gasteiger partial charge in [-0.1, -0.05) is 12.1 Å². The fraction of sp³-hybridized carbons (Fsp3) is 0.158. The van der Waals surface area contributed by atoms with Gasteiger partial charge in [-0.2, -0.15) is 0 Å². The molecule has 0 fully saturated rings. The monoisotopic (exact) mass is 306 g/mol. The van der Waals surface area contributed by atoms with Crippen molar-refractivity contribution in [1.82, 2.24) is 9.97 Å². The lowest BCUT2D eigenvalue weighted by Gasteiger charge is -2.08. The van der Waals surface area contributed by atoms with E-state index in [1.54, 1.807) is 13.3 Å². The van der Waals surface area contributed by atoms with Crippen LogP contribution in [0.2, 0.25) is 0 Å². The summed E-state index contributed by atoms with van der Waals surface area (Å²) in [6, 6.07) is 9.67. The number of hydrogen-bond donors (Lipinski definition) is 1. The highest BCUT2D eigenvalue weighted by Crippen LogP contribution is 2.30. The molecule has 1 N–H and O–H groups in total. The molecular formula is C19H18N2O2. The van der Waals surface area contributed by atoms with Crippen LogP contribution in [0.1, 0.15) is 22.4 Å². The second kappa shape index (κ2) is 6.08. The summed E-state index contributed by atoms with van der Waals surface area (Å²) in [6.45, 7) is 3.90. The van der Waals surface area contributed by atoms with Crippen LogP contribution in [0.25, 0.3) is 23.1 Å². The van der Waals surface area contributed by atoms with Crippen molar-refractivity contribution < 1.29 is 9.84 Å². The van der Waals surface area contributed by atoms with E-state index >= 15 is 0 Å². The molecule has 0 aliphatic heterocycles. The third-order valence-electron chi connectivity index (χ3n) is 3.80. The number of nitrogens with zero attached hydrogens (tertiary/aromatic N) is 2. The van der Waals surface area contributed by atoms with Crippen molar-refractivity contribution in [2.75, 3.05) is 7.11 Å². The van der Waals surface area contributed by atoms with E-state index in [-0.39, 0.29) is 5.75 Å². The van der Waals surface area contributed by atoms with Crippen molar-refractivity contribution in [3.63, 3.8) is 0 Å². The maximum absolute atomic E-state index is 10.3. The van der Waals surface area contributed by atoms with Crippen LogP contribution in [0, 0.1) is 13.8 Å². The summed E-state index contributed by atoms with van der Waals surface area (Å²) < 4.78 is 5.23. The number of pyridine rings is 2. The lowest BCUT2D eigenvalue weighted by atomic mass is 10.0. The van der Waals surface area contributed by atoms with Crippen LogP contribution >= 0.6 is 0 Å². The molecule has 0 spiro atoms. The quantitative estimate of drug-likeness (QED) is 0.790. The number of benzene rings is 1. The Morgan fingerprint density at radius 2 is 1.91 bits per heavy atom. The van der Waals surface area contributed by atoms with E-state index in [1.165, 1.54) is 0 Å². The Morgan fingerprint density at radius 3 is 2.70 bits per heavy atom. The summed E-state index contributed by atoms with van der Waals surface area (Å²) in [5.41, 5.74) is 4.21.